The zero-order valence-corrected chi connectivity index (χ0v) is 11.1. The number of anilines is 1. The molecule has 2 aromatic rings. The van der Waals surface area contributed by atoms with E-state index in [0.29, 0.717) is 5.92 Å². The molecule has 2 aliphatic rings. The fourth-order valence-electron chi connectivity index (χ4n) is 2.25. The molecule has 0 atom stereocenters. The standard InChI is InChI=1S/C16H16N2O2/c19-15(11-1-2-11)18-13-7-5-10(6-8-13)14-9-17-16(20-14)12-3-4-12/h5-9,11-12H,1-4H2,(H,18,19). The van der Waals surface area contributed by atoms with Gasteiger partial charge in [0.05, 0.1) is 6.20 Å². The van der Waals surface area contributed by atoms with Crippen LogP contribution in [0.2, 0.25) is 0 Å². The Balaban J connectivity index is 1.49. The second kappa shape index (κ2) is 4.47. The topological polar surface area (TPSA) is 55.1 Å². The van der Waals surface area contributed by atoms with Crippen LogP contribution in [0.1, 0.15) is 37.5 Å². The summed E-state index contributed by atoms with van der Waals surface area (Å²) in [4.78, 5) is 16.0. The zero-order chi connectivity index (χ0) is 13.5. The largest absolute Gasteiger partial charge is 0.440 e. The highest BCUT2D eigenvalue weighted by Gasteiger charge is 2.30. The summed E-state index contributed by atoms with van der Waals surface area (Å²) in [5, 5.41) is 2.93. The van der Waals surface area contributed by atoms with Gasteiger partial charge < -0.3 is 9.73 Å². The molecule has 102 valence electrons. The van der Waals surface area contributed by atoms with Gasteiger partial charge in [-0.25, -0.2) is 4.98 Å². The van der Waals surface area contributed by atoms with Gasteiger partial charge in [-0.15, -0.1) is 0 Å². The first kappa shape index (κ1) is 11.7. The number of hydrogen-bond acceptors (Lipinski definition) is 3. The summed E-state index contributed by atoms with van der Waals surface area (Å²) in [5.41, 5.74) is 1.83. The van der Waals surface area contributed by atoms with Crippen LogP contribution in [-0.4, -0.2) is 10.9 Å². The molecule has 20 heavy (non-hydrogen) atoms. The Bertz CT molecular complexity index is 637. The molecule has 0 unspecified atom stereocenters. The summed E-state index contributed by atoms with van der Waals surface area (Å²) in [5.74, 6) is 2.54. The predicted molar refractivity (Wildman–Crippen MR) is 75.3 cm³/mol. The van der Waals surface area contributed by atoms with Crippen LogP contribution in [0.15, 0.2) is 34.9 Å². The van der Waals surface area contributed by atoms with Gasteiger partial charge in [0.25, 0.3) is 0 Å². The number of aromatic nitrogens is 1. The first-order chi connectivity index (χ1) is 9.79. The average Bonchev–Trinajstić information content (AvgIpc) is 3.38. The van der Waals surface area contributed by atoms with Crippen molar-refractivity contribution in [3.05, 3.63) is 36.4 Å². The highest BCUT2D eigenvalue weighted by molar-refractivity contribution is 5.94. The molecule has 4 rings (SSSR count). The van der Waals surface area contributed by atoms with Crippen LogP contribution in [0, 0.1) is 5.92 Å². The molecule has 0 radical (unpaired) electrons. The van der Waals surface area contributed by atoms with Gasteiger partial charge in [0.1, 0.15) is 0 Å². The van der Waals surface area contributed by atoms with Gasteiger partial charge in [-0.1, -0.05) is 0 Å². The summed E-state index contributed by atoms with van der Waals surface area (Å²) in [6.07, 6.45) is 6.20. The molecule has 1 amide bonds. The van der Waals surface area contributed by atoms with Crippen molar-refractivity contribution in [2.24, 2.45) is 5.92 Å². The maximum absolute atomic E-state index is 11.7. The number of amides is 1. The van der Waals surface area contributed by atoms with E-state index < -0.39 is 0 Å². The molecule has 4 heteroatoms. The Kier molecular flexibility index (Phi) is 2.62. The third-order valence-corrected chi connectivity index (χ3v) is 3.84. The highest BCUT2D eigenvalue weighted by Crippen LogP contribution is 2.40. The Hall–Kier alpha value is -2.10. The van der Waals surface area contributed by atoms with Gasteiger partial charge in [0.15, 0.2) is 11.7 Å². The lowest BCUT2D eigenvalue weighted by atomic mass is 10.1. The molecule has 2 fully saturated rings. The lowest BCUT2D eigenvalue weighted by molar-refractivity contribution is -0.117. The zero-order valence-electron chi connectivity index (χ0n) is 11.1. The van der Waals surface area contributed by atoms with Gasteiger partial charge in [-0.2, -0.15) is 0 Å². The van der Waals surface area contributed by atoms with Crippen molar-refractivity contribution in [3.63, 3.8) is 0 Å². The lowest BCUT2D eigenvalue weighted by Gasteiger charge is -2.04. The predicted octanol–water partition coefficient (Wildman–Crippen LogP) is 3.57. The second-order valence-corrected chi connectivity index (χ2v) is 5.68. The molecule has 1 N–H and O–H groups in total. The van der Waals surface area contributed by atoms with E-state index >= 15 is 0 Å². The van der Waals surface area contributed by atoms with Crippen molar-refractivity contribution in [2.75, 3.05) is 5.32 Å². The maximum atomic E-state index is 11.7. The average molecular weight is 268 g/mol. The molecule has 0 saturated heterocycles. The minimum absolute atomic E-state index is 0.133. The van der Waals surface area contributed by atoms with Crippen LogP contribution in [-0.2, 0) is 4.79 Å². The number of nitrogens with one attached hydrogen (secondary N) is 1. The van der Waals surface area contributed by atoms with Crippen LogP contribution in [0.25, 0.3) is 11.3 Å². The molecular weight excluding hydrogens is 252 g/mol. The van der Waals surface area contributed by atoms with Crippen LogP contribution in [0.3, 0.4) is 0 Å². The summed E-state index contributed by atoms with van der Waals surface area (Å²) < 4.78 is 5.76. The molecule has 0 aliphatic heterocycles. The van der Waals surface area contributed by atoms with Gasteiger partial charge in [0, 0.05) is 23.1 Å². The Morgan fingerprint density at radius 1 is 1.15 bits per heavy atom. The highest BCUT2D eigenvalue weighted by atomic mass is 16.4. The fourth-order valence-corrected chi connectivity index (χ4v) is 2.25. The number of benzene rings is 1. The molecule has 4 nitrogen and oxygen atoms in total. The normalized spacial score (nSPS) is 18.0. The van der Waals surface area contributed by atoms with E-state index in [2.05, 4.69) is 10.3 Å². The SMILES string of the molecule is O=C(Nc1ccc(-c2cnc(C3CC3)o2)cc1)C1CC1. The molecule has 2 saturated carbocycles. The van der Waals surface area contributed by atoms with E-state index in [1.807, 2.05) is 24.3 Å². The van der Waals surface area contributed by atoms with Crippen LogP contribution < -0.4 is 5.32 Å². The van der Waals surface area contributed by atoms with E-state index in [-0.39, 0.29) is 11.8 Å². The lowest BCUT2D eigenvalue weighted by Crippen LogP contribution is -2.12. The fraction of sp³-hybridized carbons (Fsp3) is 0.375. The van der Waals surface area contributed by atoms with E-state index in [1.54, 1.807) is 6.20 Å². The molecule has 2 aliphatic carbocycles. The Morgan fingerprint density at radius 2 is 1.90 bits per heavy atom. The molecular formula is C16H16N2O2. The monoisotopic (exact) mass is 268 g/mol. The van der Waals surface area contributed by atoms with Crippen LogP contribution in [0.5, 0.6) is 0 Å². The second-order valence-electron chi connectivity index (χ2n) is 5.68. The molecule has 0 spiro atoms. The minimum Gasteiger partial charge on any atom is -0.440 e. The van der Waals surface area contributed by atoms with Gasteiger partial charge in [-0.05, 0) is 49.9 Å². The van der Waals surface area contributed by atoms with E-state index in [0.717, 1.165) is 35.7 Å². The van der Waals surface area contributed by atoms with Gasteiger partial charge in [0.2, 0.25) is 5.91 Å². The van der Waals surface area contributed by atoms with E-state index in [4.69, 9.17) is 4.42 Å². The first-order valence-corrected chi connectivity index (χ1v) is 7.16. The van der Waals surface area contributed by atoms with Crippen molar-refractivity contribution in [2.45, 2.75) is 31.6 Å². The maximum Gasteiger partial charge on any atom is 0.227 e. The number of rotatable bonds is 4. The Labute approximate surface area is 117 Å². The van der Waals surface area contributed by atoms with Crippen LogP contribution in [0.4, 0.5) is 5.69 Å². The van der Waals surface area contributed by atoms with E-state index in [9.17, 15) is 4.79 Å². The number of hydrogen-bond donors (Lipinski definition) is 1. The summed E-state index contributed by atoms with van der Waals surface area (Å²) in [6, 6.07) is 7.74. The number of carbonyl (C=O) groups is 1. The smallest absolute Gasteiger partial charge is 0.227 e. The molecule has 1 aromatic heterocycles. The van der Waals surface area contributed by atoms with Gasteiger partial charge >= 0.3 is 0 Å². The first-order valence-electron chi connectivity index (χ1n) is 7.16. The summed E-state index contributed by atoms with van der Waals surface area (Å²) in [7, 11) is 0. The Morgan fingerprint density at radius 3 is 2.55 bits per heavy atom. The van der Waals surface area contributed by atoms with E-state index in [1.165, 1.54) is 12.8 Å². The van der Waals surface area contributed by atoms with Gasteiger partial charge in [-0.3, -0.25) is 4.79 Å². The van der Waals surface area contributed by atoms with Crippen molar-refractivity contribution in [1.29, 1.82) is 0 Å². The van der Waals surface area contributed by atoms with Crippen molar-refractivity contribution in [1.82, 2.24) is 4.98 Å². The summed E-state index contributed by atoms with van der Waals surface area (Å²) >= 11 is 0. The van der Waals surface area contributed by atoms with Crippen molar-refractivity contribution < 1.29 is 9.21 Å². The molecule has 1 heterocycles. The minimum atomic E-state index is 0.133. The van der Waals surface area contributed by atoms with Crippen LogP contribution >= 0.6 is 0 Å². The molecule has 1 aromatic carbocycles. The molecule has 0 bridgehead atoms. The summed E-state index contributed by atoms with van der Waals surface area (Å²) in [6.45, 7) is 0. The third kappa shape index (κ3) is 2.33. The number of carbonyl (C=O) groups excluding carboxylic acids is 1. The third-order valence-electron chi connectivity index (χ3n) is 3.84. The number of oxazole rings is 1. The quantitative estimate of drug-likeness (QED) is 0.922. The number of nitrogens with zero attached hydrogens (tertiary/aromatic N) is 1. The van der Waals surface area contributed by atoms with Crippen molar-refractivity contribution >= 4 is 11.6 Å². The van der Waals surface area contributed by atoms with Crippen molar-refractivity contribution in [3.8, 4) is 11.3 Å².